The second kappa shape index (κ2) is 4.32. The highest BCUT2D eigenvalue weighted by Crippen LogP contribution is 2.27. The second-order valence-electron chi connectivity index (χ2n) is 3.48. The van der Waals surface area contributed by atoms with Crippen molar-refractivity contribution in [2.75, 3.05) is 13.9 Å². The van der Waals surface area contributed by atoms with Crippen LogP contribution < -0.4 is 4.74 Å². The van der Waals surface area contributed by atoms with E-state index in [1.165, 1.54) is 10.9 Å². The maximum absolute atomic E-state index is 5.50. The molecular weight excluding hydrogens is 188 g/mol. The van der Waals surface area contributed by atoms with Gasteiger partial charge >= 0.3 is 0 Å². The van der Waals surface area contributed by atoms with Crippen LogP contribution in [0.3, 0.4) is 0 Å². The monoisotopic (exact) mass is 202 g/mol. The van der Waals surface area contributed by atoms with Gasteiger partial charge in [-0.05, 0) is 23.9 Å². The van der Waals surface area contributed by atoms with Gasteiger partial charge in [0.25, 0.3) is 0 Å². The summed E-state index contributed by atoms with van der Waals surface area (Å²) in [6.07, 6.45) is 0. The highest BCUT2D eigenvalue weighted by atomic mass is 16.7. The average Bonchev–Trinajstić information content (AvgIpc) is 2.27. The number of fused-ring (bicyclic) bond motifs is 1. The molecule has 0 bridgehead atoms. The Labute approximate surface area is 89.4 Å². The molecule has 2 nitrogen and oxygen atoms in total. The van der Waals surface area contributed by atoms with E-state index >= 15 is 0 Å². The van der Waals surface area contributed by atoms with Crippen LogP contribution in [0.25, 0.3) is 10.8 Å². The van der Waals surface area contributed by atoms with Gasteiger partial charge in [-0.3, -0.25) is 0 Å². The molecule has 0 unspecified atom stereocenters. The number of hydrogen-bond donors (Lipinski definition) is 0. The second-order valence-corrected chi connectivity index (χ2v) is 3.48. The molecule has 0 aliphatic rings. The smallest absolute Gasteiger partial charge is 0.188 e. The molecule has 0 atom stereocenters. The van der Waals surface area contributed by atoms with Crippen molar-refractivity contribution in [2.45, 2.75) is 6.92 Å². The molecule has 2 heteroatoms. The van der Waals surface area contributed by atoms with E-state index in [0.29, 0.717) is 0 Å². The summed E-state index contributed by atoms with van der Waals surface area (Å²) in [6, 6.07) is 12.3. The average molecular weight is 202 g/mol. The van der Waals surface area contributed by atoms with Gasteiger partial charge in [-0.2, -0.15) is 0 Å². The van der Waals surface area contributed by atoms with Gasteiger partial charge in [0.15, 0.2) is 6.79 Å². The Balaban J connectivity index is 2.51. The third-order valence-electron chi connectivity index (χ3n) is 2.43. The van der Waals surface area contributed by atoms with Gasteiger partial charge in [-0.1, -0.05) is 30.3 Å². The lowest BCUT2D eigenvalue weighted by Crippen LogP contribution is -1.99. The van der Waals surface area contributed by atoms with Crippen LogP contribution in [0.1, 0.15) is 5.56 Å². The molecule has 0 spiro atoms. The molecule has 0 aliphatic heterocycles. The van der Waals surface area contributed by atoms with Gasteiger partial charge in [0.2, 0.25) is 0 Å². The molecular formula is C13H14O2. The molecule has 2 aromatic carbocycles. The van der Waals surface area contributed by atoms with Crippen LogP contribution in [0.2, 0.25) is 0 Å². The first-order chi connectivity index (χ1) is 7.33. The predicted octanol–water partition coefficient (Wildman–Crippen LogP) is 3.13. The van der Waals surface area contributed by atoms with E-state index in [1.807, 2.05) is 18.2 Å². The van der Waals surface area contributed by atoms with E-state index < -0.39 is 0 Å². The zero-order valence-corrected chi connectivity index (χ0v) is 8.99. The number of aryl methyl sites for hydroxylation is 1. The summed E-state index contributed by atoms with van der Waals surface area (Å²) in [4.78, 5) is 0. The van der Waals surface area contributed by atoms with Crippen molar-refractivity contribution in [3.8, 4) is 5.75 Å². The van der Waals surface area contributed by atoms with Crippen molar-refractivity contribution in [3.63, 3.8) is 0 Å². The number of methoxy groups -OCH3 is 1. The summed E-state index contributed by atoms with van der Waals surface area (Å²) in [5.74, 6) is 0.873. The lowest BCUT2D eigenvalue weighted by Gasteiger charge is -2.09. The van der Waals surface area contributed by atoms with Crippen LogP contribution in [0, 0.1) is 6.92 Å². The molecule has 2 rings (SSSR count). The fourth-order valence-electron chi connectivity index (χ4n) is 1.69. The van der Waals surface area contributed by atoms with Crippen molar-refractivity contribution in [1.82, 2.24) is 0 Å². The van der Waals surface area contributed by atoms with Gasteiger partial charge in [0.1, 0.15) is 5.75 Å². The zero-order chi connectivity index (χ0) is 10.7. The first-order valence-corrected chi connectivity index (χ1v) is 4.93. The Kier molecular flexibility index (Phi) is 2.88. The maximum atomic E-state index is 5.50. The molecule has 0 saturated heterocycles. The molecule has 0 N–H and O–H groups in total. The highest BCUT2D eigenvalue weighted by Gasteiger charge is 2.02. The number of hydrogen-bond acceptors (Lipinski definition) is 2. The molecule has 15 heavy (non-hydrogen) atoms. The Bertz CT molecular complexity index is 463. The summed E-state index contributed by atoms with van der Waals surface area (Å²) < 4.78 is 10.4. The van der Waals surface area contributed by atoms with Crippen LogP contribution in [-0.2, 0) is 4.74 Å². The summed E-state index contributed by atoms with van der Waals surface area (Å²) in [5.41, 5.74) is 1.26. The molecule has 0 amide bonds. The number of rotatable bonds is 3. The van der Waals surface area contributed by atoms with Crippen LogP contribution >= 0.6 is 0 Å². The van der Waals surface area contributed by atoms with Crippen LogP contribution in [0.4, 0.5) is 0 Å². The van der Waals surface area contributed by atoms with Gasteiger partial charge in [-0.15, -0.1) is 0 Å². The number of ether oxygens (including phenoxy) is 2. The fraction of sp³-hybridized carbons (Fsp3) is 0.231. The van der Waals surface area contributed by atoms with Gasteiger partial charge in [-0.25, -0.2) is 0 Å². The third kappa shape index (κ3) is 1.95. The molecule has 0 fully saturated rings. The predicted molar refractivity (Wildman–Crippen MR) is 61.2 cm³/mol. The topological polar surface area (TPSA) is 18.5 Å². The minimum Gasteiger partial charge on any atom is -0.467 e. The normalized spacial score (nSPS) is 10.5. The third-order valence-corrected chi connectivity index (χ3v) is 2.43. The van der Waals surface area contributed by atoms with Gasteiger partial charge < -0.3 is 9.47 Å². The highest BCUT2D eigenvalue weighted by molar-refractivity contribution is 5.90. The summed E-state index contributed by atoms with van der Waals surface area (Å²) >= 11 is 0. The zero-order valence-electron chi connectivity index (χ0n) is 8.99. The van der Waals surface area contributed by atoms with E-state index in [0.717, 1.165) is 11.1 Å². The Morgan fingerprint density at radius 3 is 2.53 bits per heavy atom. The van der Waals surface area contributed by atoms with E-state index in [4.69, 9.17) is 9.47 Å². The molecule has 0 heterocycles. The lowest BCUT2D eigenvalue weighted by molar-refractivity contribution is 0.0522. The fourth-order valence-corrected chi connectivity index (χ4v) is 1.69. The van der Waals surface area contributed by atoms with Gasteiger partial charge in [0, 0.05) is 12.5 Å². The van der Waals surface area contributed by atoms with Crippen molar-refractivity contribution < 1.29 is 9.47 Å². The van der Waals surface area contributed by atoms with Crippen molar-refractivity contribution in [1.29, 1.82) is 0 Å². The maximum Gasteiger partial charge on any atom is 0.188 e. The first-order valence-electron chi connectivity index (χ1n) is 4.93. The SMILES string of the molecule is COCOc1cccc2c(C)cccc12. The quantitative estimate of drug-likeness (QED) is 0.712. The summed E-state index contributed by atoms with van der Waals surface area (Å²) in [5, 5.41) is 2.36. The van der Waals surface area contributed by atoms with Crippen LogP contribution in [-0.4, -0.2) is 13.9 Å². The summed E-state index contributed by atoms with van der Waals surface area (Å²) in [7, 11) is 1.62. The molecule has 2 aromatic rings. The van der Waals surface area contributed by atoms with E-state index in [1.54, 1.807) is 7.11 Å². The minimum atomic E-state index is 0.285. The standard InChI is InChI=1S/C13H14O2/c1-10-5-3-7-12-11(10)6-4-8-13(12)15-9-14-2/h3-8H,9H2,1-2H3. The van der Waals surface area contributed by atoms with E-state index in [9.17, 15) is 0 Å². The van der Waals surface area contributed by atoms with Crippen molar-refractivity contribution >= 4 is 10.8 Å². The minimum absolute atomic E-state index is 0.285. The Morgan fingerprint density at radius 1 is 1.00 bits per heavy atom. The van der Waals surface area contributed by atoms with E-state index in [2.05, 4.69) is 25.1 Å². The Hall–Kier alpha value is -1.54. The number of benzene rings is 2. The van der Waals surface area contributed by atoms with Gasteiger partial charge in [0.05, 0.1) is 0 Å². The van der Waals surface area contributed by atoms with Crippen LogP contribution in [0.5, 0.6) is 5.75 Å². The van der Waals surface area contributed by atoms with Crippen molar-refractivity contribution in [2.24, 2.45) is 0 Å². The van der Waals surface area contributed by atoms with Crippen LogP contribution in [0.15, 0.2) is 36.4 Å². The molecule has 78 valence electrons. The van der Waals surface area contributed by atoms with Crippen molar-refractivity contribution in [3.05, 3.63) is 42.0 Å². The molecule has 0 saturated carbocycles. The molecule has 0 aromatic heterocycles. The molecule has 0 aliphatic carbocycles. The first kappa shape index (κ1) is 9.99. The largest absolute Gasteiger partial charge is 0.467 e. The summed E-state index contributed by atoms with van der Waals surface area (Å²) in [6.45, 7) is 2.38. The Morgan fingerprint density at radius 2 is 1.73 bits per heavy atom. The van der Waals surface area contributed by atoms with E-state index in [-0.39, 0.29) is 6.79 Å². The lowest BCUT2D eigenvalue weighted by atomic mass is 10.1. The molecule has 0 radical (unpaired) electrons.